The van der Waals surface area contributed by atoms with Crippen LogP contribution in [0.5, 0.6) is 11.6 Å². The molecule has 37 heavy (non-hydrogen) atoms. The second kappa shape index (κ2) is 9.92. The molecule has 0 N–H and O–H groups in total. The highest BCUT2D eigenvalue weighted by Crippen LogP contribution is 2.28. The maximum absolute atomic E-state index is 14.8. The van der Waals surface area contributed by atoms with Crippen molar-refractivity contribution in [3.8, 4) is 17.3 Å². The molecule has 0 bridgehead atoms. The van der Waals surface area contributed by atoms with Crippen LogP contribution in [0.25, 0.3) is 16.7 Å². The summed E-state index contributed by atoms with van der Waals surface area (Å²) in [7, 11) is -3.53. The second-order valence-corrected chi connectivity index (χ2v) is 11.2. The lowest BCUT2D eigenvalue weighted by molar-refractivity contribution is 0.166. The maximum Gasteiger partial charge on any atom is 0.228 e. The van der Waals surface area contributed by atoms with E-state index < -0.39 is 15.7 Å². The van der Waals surface area contributed by atoms with Crippen LogP contribution in [-0.4, -0.2) is 64.7 Å². The highest BCUT2D eigenvalue weighted by atomic mass is 32.2. The molecule has 4 heterocycles. The number of benzene rings is 1. The Morgan fingerprint density at radius 2 is 1.84 bits per heavy atom. The minimum atomic E-state index is -3.53. The van der Waals surface area contributed by atoms with Crippen LogP contribution in [0.4, 0.5) is 10.2 Å². The van der Waals surface area contributed by atoms with Crippen LogP contribution in [0.3, 0.4) is 0 Å². The number of pyridine rings is 1. The molecular formula is C25H27FN6O4S. The van der Waals surface area contributed by atoms with Gasteiger partial charge in [-0.05, 0) is 44.2 Å². The van der Waals surface area contributed by atoms with Crippen molar-refractivity contribution >= 4 is 26.7 Å². The highest BCUT2D eigenvalue weighted by molar-refractivity contribution is 7.90. The summed E-state index contributed by atoms with van der Waals surface area (Å²) in [6.45, 7) is 5.50. The molecule has 0 amide bonds. The van der Waals surface area contributed by atoms with Crippen molar-refractivity contribution in [3.63, 3.8) is 0 Å². The molecular weight excluding hydrogens is 499 g/mol. The average Bonchev–Trinajstić information content (AvgIpc) is 3.29. The summed E-state index contributed by atoms with van der Waals surface area (Å²) in [5.74, 6) is 1.29. The molecule has 1 aliphatic heterocycles. The summed E-state index contributed by atoms with van der Waals surface area (Å²) in [5.41, 5.74) is 0.444. The van der Waals surface area contributed by atoms with E-state index >= 15 is 0 Å². The van der Waals surface area contributed by atoms with Crippen molar-refractivity contribution in [2.45, 2.75) is 43.8 Å². The van der Waals surface area contributed by atoms with Crippen LogP contribution >= 0.6 is 0 Å². The first-order chi connectivity index (χ1) is 17.7. The molecule has 5 rings (SSSR count). The normalized spacial score (nSPS) is 14.9. The molecule has 1 saturated heterocycles. The molecule has 0 atom stereocenters. The lowest BCUT2D eigenvalue weighted by Crippen LogP contribution is -2.38. The summed E-state index contributed by atoms with van der Waals surface area (Å²) in [4.78, 5) is 15.2. The number of fused-ring (bicyclic) bond motifs is 1. The van der Waals surface area contributed by atoms with Gasteiger partial charge in [0.1, 0.15) is 40.9 Å². The first-order valence-electron chi connectivity index (χ1n) is 11.9. The summed E-state index contributed by atoms with van der Waals surface area (Å²) in [5, 5.41) is 4.81. The van der Waals surface area contributed by atoms with E-state index in [9.17, 15) is 12.8 Å². The molecule has 1 fully saturated rings. The van der Waals surface area contributed by atoms with Gasteiger partial charge in [-0.15, -0.1) is 0 Å². The molecule has 0 aliphatic carbocycles. The SMILES string of the molecule is CC(C)Oc1ccc(N2CCC(Oc3ncnc4c3cnn4-c3ccc(S(C)(=O)=O)cc3F)CC2)nc1. The van der Waals surface area contributed by atoms with E-state index in [0.29, 0.717) is 16.9 Å². The number of hydrogen-bond acceptors (Lipinski definition) is 9. The van der Waals surface area contributed by atoms with Crippen LogP contribution in [-0.2, 0) is 9.84 Å². The fraction of sp³-hybridized carbons (Fsp3) is 0.360. The van der Waals surface area contributed by atoms with Crippen molar-refractivity contribution in [2.24, 2.45) is 0 Å². The van der Waals surface area contributed by atoms with E-state index in [1.807, 2.05) is 26.0 Å². The predicted octanol–water partition coefficient (Wildman–Crippen LogP) is 3.59. The third-order valence-corrected chi connectivity index (χ3v) is 7.15. The quantitative estimate of drug-likeness (QED) is 0.357. The maximum atomic E-state index is 14.8. The van der Waals surface area contributed by atoms with Gasteiger partial charge in [0.2, 0.25) is 5.88 Å². The van der Waals surface area contributed by atoms with Gasteiger partial charge in [-0.3, -0.25) is 0 Å². The first-order valence-corrected chi connectivity index (χ1v) is 13.8. The van der Waals surface area contributed by atoms with E-state index in [0.717, 1.165) is 49.8 Å². The van der Waals surface area contributed by atoms with E-state index in [1.165, 1.54) is 29.3 Å². The molecule has 4 aromatic rings. The van der Waals surface area contributed by atoms with Crippen LogP contribution in [0.1, 0.15) is 26.7 Å². The molecule has 0 radical (unpaired) electrons. The van der Waals surface area contributed by atoms with Crippen molar-refractivity contribution in [3.05, 3.63) is 54.9 Å². The van der Waals surface area contributed by atoms with Gasteiger partial charge in [-0.25, -0.2) is 32.4 Å². The summed E-state index contributed by atoms with van der Waals surface area (Å²) in [6, 6.07) is 7.57. The van der Waals surface area contributed by atoms with Crippen molar-refractivity contribution < 1.29 is 22.3 Å². The predicted molar refractivity (Wildman–Crippen MR) is 136 cm³/mol. The zero-order valence-corrected chi connectivity index (χ0v) is 21.5. The number of ether oxygens (including phenoxy) is 2. The summed E-state index contributed by atoms with van der Waals surface area (Å²) in [6.07, 6.45) is 7.21. The summed E-state index contributed by atoms with van der Waals surface area (Å²) >= 11 is 0. The monoisotopic (exact) mass is 526 g/mol. The third-order valence-electron chi connectivity index (χ3n) is 6.04. The topological polar surface area (TPSA) is 112 Å². The van der Waals surface area contributed by atoms with Gasteiger partial charge in [-0.1, -0.05) is 0 Å². The first kappa shape index (κ1) is 24.9. The van der Waals surface area contributed by atoms with Gasteiger partial charge in [0.05, 0.1) is 23.4 Å². The van der Waals surface area contributed by atoms with Crippen LogP contribution in [0.2, 0.25) is 0 Å². The van der Waals surface area contributed by atoms with Crippen molar-refractivity contribution in [2.75, 3.05) is 24.2 Å². The molecule has 0 unspecified atom stereocenters. The van der Waals surface area contributed by atoms with Crippen molar-refractivity contribution in [1.29, 1.82) is 0 Å². The van der Waals surface area contributed by atoms with Gasteiger partial charge in [0.25, 0.3) is 0 Å². The lowest BCUT2D eigenvalue weighted by atomic mass is 10.1. The second-order valence-electron chi connectivity index (χ2n) is 9.18. The van der Waals surface area contributed by atoms with Crippen LogP contribution in [0, 0.1) is 5.82 Å². The van der Waals surface area contributed by atoms with Crippen molar-refractivity contribution in [1.82, 2.24) is 24.7 Å². The number of aromatic nitrogens is 5. The van der Waals surface area contributed by atoms with Gasteiger partial charge in [-0.2, -0.15) is 5.10 Å². The lowest BCUT2D eigenvalue weighted by Gasteiger charge is -2.32. The number of piperidine rings is 1. The number of sulfone groups is 1. The fourth-order valence-electron chi connectivity index (χ4n) is 4.24. The molecule has 1 aliphatic rings. The Kier molecular flexibility index (Phi) is 6.67. The van der Waals surface area contributed by atoms with Gasteiger partial charge >= 0.3 is 0 Å². The Balaban J connectivity index is 1.29. The van der Waals surface area contributed by atoms with E-state index in [1.54, 1.807) is 6.20 Å². The number of halogens is 1. The zero-order chi connectivity index (χ0) is 26.2. The number of anilines is 1. The molecule has 0 saturated carbocycles. The Bertz CT molecular complexity index is 1520. The Morgan fingerprint density at radius 3 is 2.49 bits per heavy atom. The van der Waals surface area contributed by atoms with E-state index in [-0.39, 0.29) is 22.8 Å². The summed E-state index contributed by atoms with van der Waals surface area (Å²) < 4.78 is 51.5. The number of rotatable bonds is 7. The van der Waals surface area contributed by atoms with E-state index in [2.05, 4.69) is 25.0 Å². The molecule has 3 aromatic heterocycles. The largest absolute Gasteiger partial charge is 0.489 e. The van der Waals surface area contributed by atoms with Gasteiger partial charge in [0.15, 0.2) is 15.5 Å². The third kappa shape index (κ3) is 5.33. The molecule has 12 heteroatoms. The van der Waals surface area contributed by atoms with Crippen LogP contribution in [0.15, 0.2) is 53.9 Å². The molecule has 194 valence electrons. The number of nitrogens with zero attached hydrogens (tertiary/aromatic N) is 6. The number of hydrogen-bond donors (Lipinski definition) is 0. The Morgan fingerprint density at radius 1 is 1.05 bits per heavy atom. The Hall–Kier alpha value is -3.80. The average molecular weight is 527 g/mol. The Labute approximate surface area is 214 Å². The molecule has 10 nitrogen and oxygen atoms in total. The van der Waals surface area contributed by atoms with Gasteiger partial charge < -0.3 is 14.4 Å². The molecule has 0 spiro atoms. The minimum Gasteiger partial charge on any atom is -0.489 e. The fourth-order valence-corrected chi connectivity index (χ4v) is 4.88. The standard InChI is InChI=1S/C25H27FN6O4S/c1-16(2)35-18-4-7-23(27-13-18)31-10-8-17(9-11-31)36-25-20-14-30-32(24(20)28-15-29-25)22-6-5-19(12-21(22)26)37(3,33)34/h4-7,12-17H,8-11H2,1-3H3. The minimum absolute atomic E-state index is 0.0629. The highest BCUT2D eigenvalue weighted by Gasteiger charge is 2.24. The zero-order valence-electron chi connectivity index (χ0n) is 20.7. The smallest absolute Gasteiger partial charge is 0.228 e. The van der Waals surface area contributed by atoms with E-state index in [4.69, 9.17) is 9.47 Å². The van der Waals surface area contributed by atoms with Crippen LogP contribution < -0.4 is 14.4 Å². The molecule has 1 aromatic carbocycles. The van der Waals surface area contributed by atoms with Gasteiger partial charge in [0, 0.05) is 32.2 Å².